The lowest BCUT2D eigenvalue weighted by atomic mass is 9.96. The lowest BCUT2D eigenvalue weighted by molar-refractivity contribution is 0.974. The van der Waals surface area contributed by atoms with E-state index in [9.17, 15) is 0 Å². The van der Waals surface area contributed by atoms with Crippen LogP contribution in [0.4, 0.5) is 0 Å². The molecular weight excluding hydrogens is 278 g/mol. The summed E-state index contributed by atoms with van der Waals surface area (Å²) in [5, 5.41) is 0. The van der Waals surface area contributed by atoms with Crippen LogP contribution in [0.5, 0.6) is 0 Å². The largest absolute Gasteiger partial charge is 0.256 e. The SMILES string of the molecule is CCCC#Cc1ccc(/C=C(\CCC)c2ccccc2C)nc1. The Balaban J connectivity index is 2.26. The van der Waals surface area contributed by atoms with Crippen molar-refractivity contribution in [3.05, 3.63) is 65.0 Å². The van der Waals surface area contributed by atoms with Crippen LogP contribution in [0.25, 0.3) is 11.6 Å². The van der Waals surface area contributed by atoms with E-state index in [1.807, 2.05) is 6.20 Å². The third kappa shape index (κ3) is 5.11. The van der Waals surface area contributed by atoms with Crippen LogP contribution in [-0.4, -0.2) is 4.98 Å². The van der Waals surface area contributed by atoms with Gasteiger partial charge in [-0.3, -0.25) is 4.98 Å². The molecule has 0 amide bonds. The van der Waals surface area contributed by atoms with Crippen LogP contribution in [-0.2, 0) is 0 Å². The van der Waals surface area contributed by atoms with Crippen molar-refractivity contribution in [2.24, 2.45) is 0 Å². The summed E-state index contributed by atoms with van der Waals surface area (Å²) >= 11 is 0. The van der Waals surface area contributed by atoms with Gasteiger partial charge in [0.2, 0.25) is 0 Å². The predicted octanol–water partition coefficient (Wildman–Crippen LogP) is 5.88. The summed E-state index contributed by atoms with van der Waals surface area (Å²) in [6.45, 7) is 6.52. The van der Waals surface area contributed by atoms with Crippen molar-refractivity contribution in [2.45, 2.75) is 46.5 Å². The maximum atomic E-state index is 4.56. The Kier molecular flexibility index (Phi) is 6.63. The molecule has 1 heteroatoms. The molecule has 1 aromatic carbocycles. The van der Waals surface area contributed by atoms with Crippen molar-refractivity contribution >= 4 is 11.6 Å². The molecule has 0 radical (unpaired) electrons. The molecule has 118 valence electrons. The highest BCUT2D eigenvalue weighted by molar-refractivity contribution is 5.81. The van der Waals surface area contributed by atoms with Crippen LogP contribution in [0.1, 0.15) is 61.9 Å². The van der Waals surface area contributed by atoms with Crippen LogP contribution < -0.4 is 0 Å². The highest BCUT2D eigenvalue weighted by atomic mass is 14.7. The number of aromatic nitrogens is 1. The van der Waals surface area contributed by atoms with E-state index in [1.165, 1.54) is 16.7 Å². The fourth-order valence-electron chi connectivity index (χ4n) is 2.52. The zero-order valence-electron chi connectivity index (χ0n) is 14.4. The topological polar surface area (TPSA) is 12.9 Å². The van der Waals surface area contributed by atoms with Gasteiger partial charge >= 0.3 is 0 Å². The number of hydrogen-bond acceptors (Lipinski definition) is 1. The van der Waals surface area contributed by atoms with Crippen LogP contribution in [0, 0.1) is 18.8 Å². The first-order valence-corrected chi connectivity index (χ1v) is 8.46. The lowest BCUT2D eigenvalue weighted by Crippen LogP contribution is -1.90. The molecule has 2 rings (SSSR count). The normalized spacial score (nSPS) is 11.0. The molecule has 1 heterocycles. The molecule has 0 spiro atoms. The summed E-state index contributed by atoms with van der Waals surface area (Å²) in [6, 6.07) is 12.7. The summed E-state index contributed by atoms with van der Waals surface area (Å²) in [6.07, 6.45) is 8.30. The number of pyridine rings is 1. The minimum atomic E-state index is 0.940. The van der Waals surface area contributed by atoms with Gasteiger partial charge in [0.15, 0.2) is 0 Å². The minimum Gasteiger partial charge on any atom is -0.256 e. The van der Waals surface area contributed by atoms with Gasteiger partial charge in [0, 0.05) is 18.2 Å². The third-order valence-corrected chi connectivity index (χ3v) is 3.73. The van der Waals surface area contributed by atoms with E-state index in [-0.39, 0.29) is 0 Å². The Hall–Kier alpha value is -2.33. The van der Waals surface area contributed by atoms with Crippen LogP contribution in [0.2, 0.25) is 0 Å². The number of benzene rings is 1. The van der Waals surface area contributed by atoms with Gasteiger partial charge in [-0.15, -0.1) is 0 Å². The summed E-state index contributed by atoms with van der Waals surface area (Å²) < 4.78 is 0. The molecular formula is C22H25N. The molecule has 0 atom stereocenters. The van der Waals surface area contributed by atoms with Crippen molar-refractivity contribution in [3.63, 3.8) is 0 Å². The molecule has 0 saturated carbocycles. The van der Waals surface area contributed by atoms with Crippen molar-refractivity contribution in [3.8, 4) is 11.8 Å². The summed E-state index contributed by atoms with van der Waals surface area (Å²) in [4.78, 5) is 4.56. The van der Waals surface area contributed by atoms with Crippen molar-refractivity contribution in [2.75, 3.05) is 0 Å². The number of hydrogen-bond donors (Lipinski definition) is 0. The molecule has 0 saturated heterocycles. The highest BCUT2D eigenvalue weighted by Crippen LogP contribution is 2.25. The average Bonchev–Trinajstić information content (AvgIpc) is 2.57. The van der Waals surface area contributed by atoms with Crippen molar-refractivity contribution in [1.29, 1.82) is 0 Å². The van der Waals surface area contributed by atoms with Gasteiger partial charge in [0.05, 0.1) is 5.69 Å². The Bertz CT molecular complexity index is 712. The Morgan fingerprint density at radius 2 is 1.91 bits per heavy atom. The number of nitrogens with zero attached hydrogens (tertiary/aromatic N) is 1. The lowest BCUT2D eigenvalue weighted by Gasteiger charge is -2.10. The van der Waals surface area contributed by atoms with E-state index in [4.69, 9.17) is 0 Å². The molecule has 0 aliphatic heterocycles. The van der Waals surface area contributed by atoms with Gasteiger partial charge < -0.3 is 0 Å². The second kappa shape index (κ2) is 8.96. The molecule has 0 N–H and O–H groups in total. The molecule has 0 unspecified atom stereocenters. The van der Waals surface area contributed by atoms with E-state index in [2.05, 4.69) is 80.1 Å². The molecule has 1 nitrogen and oxygen atoms in total. The Morgan fingerprint density at radius 1 is 1.09 bits per heavy atom. The van der Waals surface area contributed by atoms with Crippen LogP contribution in [0.3, 0.4) is 0 Å². The maximum Gasteiger partial charge on any atom is 0.0633 e. The van der Waals surface area contributed by atoms with Crippen molar-refractivity contribution in [1.82, 2.24) is 4.98 Å². The smallest absolute Gasteiger partial charge is 0.0633 e. The molecule has 0 bridgehead atoms. The van der Waals surface area contributed by atoms with Gasteiger partial charge in [-0.25, -0.2) is 0 Å². The standard InChI is InChI=1S/C22H25N/c1-4-6-7-12-19-14-15-21(23-17-19)16-20(10-5-2)22-13-9-8-11-18(22)3/h8-9,11,13-17H,4-6,10H2,1-3H3/b20-16+. The Labute approximate surface area is 140 Å². The first-order valence-electron chi connectivity index (χ1n) is 8.46. The fourth-order valence-corrected chi connectivity index (χ4v) is 2.52. The zero-order valence-corrected chi connectivity index (χ0v) is 14.4. The maximum absolute atomic E-state index is 4.56. The minimum absolute atomic E-state index is 0.940. The molecule has 23 heavy (non-hydrogen) atoms. The van der Waals surface area contributed by atoms with Crippen molar-refractivity contribution < 1.29 is 0 Å². The van der Waals surface area contributed by atoms with E-state index >= 15 is 0 Å². The zero-order chi connectivity index (χ0) is 16.5. The van der Waals surface area contributed by atoms with Gasteiger partial charge in [0.25, 0.3) is 0 Å². The first kappa shape index (κ1) is 17.0. The second-order valence-corrected chi connectivity index (χ2v) is 5.76. The van der Waals surface area contributed by atoms with Crippen LogP contribution >= 0.6 is 0 Å². The molecule has 1 aromatic heterocycles. The average molecular weight is 303 g/mol. The second-order valence-electron chi connectivity index (χ2n) is 5.76. The number of allylic oxidation sites excluding steroid dienone is 1. The quantitative estimate of drug-likeness (QED) is 0.628. The molecule has 0 aliphatic rings. The molecule has 0 fully saturated rings. The Morgan fingerprint density at radius 3 is 2.57 bits per heavy atom. The van der Waals surface area contributed by atoms with Crippen LogP contribution in [0.15, 0.2) is 42.6 Å². The van der Waals surface area contributed by atoms with Gasteiger partial charge in [-0.1, -0.05) is 56.4 Å². The van der Waals surface area contributed by atoms with E-state index in [0.29, 0.717) is 0 Å². The monoisotopic (exact) mass is 303 g/mol. The van der Waals surface area contributed by atoms with E-state index < -0.39 is 0 Å². The van der Waals surface area contributed by atoms with Gasteiger partial charge in [-0.2, -0.15) is 0 Å². The summed E-state index contributed by atoms with van der Waals surface area (Å²) in [7, 11) is 0. The summed E-state index contributed by atoms with van der Waals surface area (Å²) in [5.41, 5.74) is 5.97. The molecule has 0 aliphatic carbocycles. The van der Waals surface area contributed by atoms with Gasteiger partial charge in [0.1, 0.15) is 0 Å². The van der Waals surface area contributed by atoms with E-state index in [0.717, 1.165) is 36.9 Å². The molecule has 2 aromatic rings. The predicted molar refractivity (Wildman–Crippen MR) is 100.0 cm³/mol. The highest BCUT2D eigenvalue weighted by Gasteiger charge is 2.04. The van der Waals surface area contributed by atoms with Gasteiger partial charge in [-0.05, 0) is 54.7 Å². The first-order chi connectivity index (χ1) is 11.2. The number of unbranched alkanes of at least 4 members (excludes halogenated alkanes) is 1. The van der Waals surface area contributed by atoms with E-state index in [1.54, 1.807) is 0 Å². The number of aryl methyl sites for hydroxylation is 1. The fraction of sp³-hybridized carbons (Fsp3) is 0.318. The third-order valence-electron chi connectivity index (χ3n) is 3.73. The summed E-state index contributed by atoms with van der Waals surface area (Å²) in [5.74, 6) is 6.32. The number of rotatable bonds is 5.